The van der Waals surface area contributed by atoms with Crippen LogP contribution in [-0.2, 0) is 0 Å². The average Bonchev–Trinajstić information content (AvgIpc) is 2.73. The van der Waals surface area contributed by atoms with Crippen LogP contribution in [0.15, 0.2) is 67.3 Å². The van der Waals surface area contributed by atoms with Crippen LogP contribution in [0.1, 0.15) is 34.3 Å². The van der Waals surface area contributed by atoms with Crippen LogP contribution in [0, 0.1) is 18.7 Å². The van der Waals surface area contributed by atoms with Crippen LogP contribution in [0.5, 0.6) is 0 Å². The standard InChI is InChI=1S/C15H22N2O.C10H9F/c1-12-4-3-5-14(10-12)15(18)16-11-13-6-8-17(2)9-7-13;1-2-3-4-9-5-7-10(11)8-6-9/h3-5,10,13H,6-9,11H2,1-2H3,(H,16,18);2-8H,1H2/b;4-3+. The minimum atomic E-state index is -0.208. The Morgan fingerprint density at radius 3 is 2.52 bits per heavy atom. The van der Waals surface area contributed by atoms with Crippen LogP contribution >= 0.6 is 0 Å². The molecule has 1 fully saturated rings. The Morgan fingerprint density at radius 2 is 1.90 bits per heavy atom. The Balaban J connectivity index is 0.000000234. The van der Waals surface area contributed by atoms with Crippen molar-refractivity contribution >= 4 is 12.0 Å². The molecule has 1 saturated heterocycles. The van der Waals surface area contributed by atoms with Gasteiger partial charge in [-0.15, -0.1) is 0 Å². The van der Waals surface area contributed by atoms with Crippen molar-refractivity contribution in [2.24, 2.45) is 5.92 Å². The Hall–Kier alpha value is -2.72. The second-order valence-electron chi connectivity index (χ2n) is 7.47. The van der Waals surface area contributed by atoms with Crippen molar-refractivity contribution < 1.29 is 9.18 Å². The van der Waals surface area contributed by atoms with E-state index in [0.717, 1.165) is 36.3 Å². The molecule has 1 amide bonds. The van der Waals surface area contributed by atoms with E-state index in [1.165, 1.54) is 25.0 Å². The third-order valence-corrected chi connectivity index (χ3v) is 4.96. The van der Waals surface area contributed by atoms with Crippen molar-refractivity contribution in [2.45, 2.75) is 19.8 Å². The predicted octanol–water partition coefficient (Wildman–Crippen LogP) is 5.09. The van der Waals surface area contributed by atoms with Gasteiger partial charge in [-0.2, -0.15) is 0 Å². The van der Waals surface area contributed by atoms with Crippen LogP contribution in [0.4, 0.5) is 4.39 Å². The molecule has 1 aliphatic heterocycles. The number of benzene rings is 2. The molecule has 1 N–H and O–H groups in total. The lowest BCUT2D eigenvalue weighted by Crippen LogP contribution is -2.36. The molecule has 0 saturated carbocycles. The number of aryl methyl sites for hydroxylation is 1. The molecule has 0 atom stereocenters. The summed E-state index contributed by atoms with van der Waals surface area (Å²) in [6.45, 7) is 8.63. The van der Waals surface area contributed by atoms with Crippen molar-refractivity contribution in [1.29, 1.82) is 0 Å². The molecular formula is C25H31FN2O. The first kappa shape index (κ1) is 22.6. The van der Waals surface area contributed by atoms with E-state index in [0.29, 0.717) is 5.92 Å². The molecule has 3 rings (SSSR count). The van der Waals surface area contributed by atoms with Gasteiger partial charge in [0.25, 0.3) is 5.91 Å². The van der Waals surface area contributed by atoms with Crippen molar-refractivity contribution in [3.63, 3.8) is 0 Å². The number of rotatable bonds is 5. The van der Waals surface area contributed by atoms with Crippen LogP contribution in [0.2, 0.25) is 0 Å². The molecule has 0 spiro atoms. The summed E-state index contributed by atoms with van der Waals surface area (Å²) in [6.07, 6.45) is 7.73. The summed E-state index contributed by atoms with van der Waals surface area (Å²) < 4.78 is 12.4. The van der Waals surface area contributed by atoms with E-state index >= 15 is 0 Å². The zero-order chi connectivity index (χ0) is 21.1. The molecule has 1 aliphatic rings. The molecule has 1 heterocycles. The maximum Gasteiger partial charge on any atom is 0.251 e. The lowest BCUT2D eigenvalue weighted by atomic mass is 9.97. The van der Waals surface area contributed by atoms with Gasteiger partial charge in [-0.3, -0.25) is 4.79 Å². The number of halogens is 1. The summed E-state index contributed by atoms with van der Waals surface area (Å²) in [5, 5.41) is 3.05. The van der Waals surface area contributed by atoms with E-state index in [2.05, 4.69) is 23.8 Å². The zero-order valence-corrected chi connectivity index (χ0v) is 17.4. The highest BCUT2D eigenvalue weighted by Crippen LogP contribution is 2.15. The summed E-state index contributed by atoms with van der Waals surface area (Å²) in [5.74, 6) is 0.480. The molecule has 29 heavy (non-hydrogen) atoms. The van der Waals surface area contributed by atoms with Crippen LogP contribution < -0.4 is 5.32 Å². The molecule has 0 unspecified atom stereocenters. The zero-order valence-electron chi connectivity index (χ0n) is 17.4. The molecule has 154 valence electrons. The molecule has 0 aromatic heterocycles. The van der Waals surface area contributed by atoms with Crippen molar-refractivity contribution in [1.82, 2.24) is 10.2 Å². The first-order valence-electron chi connectivity index (χ1n) is 10.1. The molecule has 0 radical (unpaired) electrons. The van der Waals surface area contributed by atoms with Gasteiger partial charge in [0.2, 0.25) is 0 Å². The van der Waals surface area contributed by atoms with E-state index in [9.17, 15) is 9.18 Å². The lowest BCUT2D eigenvalue weighted by molar-refractivity contribution is 0.0939. The second-order valence-corrected chi connectivity index (χ2v) is 7.47. The minimum absolute atomic E-state index is 0.0534. The van der Waals surface area contributed by atoms with Crippen LogP contribution in [0.25, 0.3) is 6.08 Å². The van der Waals surface area contributed by atoms with Gasteiger partial charge in [0, 0.05) is 12.1 Å². The van der Waals surface area contributed by atoms with Gasteiger partial charge in [0.15, 0.2) is 0 Å². The quantitative estimate of drug-likeness (QED) is 0.716. The maximum atomic E-state index is 12.4. The number of carbonyl (C=O) groups excluding carboxylic acids is 1. The Kier molecular flexibility index (Phi) is 9.32. The monoisotopic (exact) mass is 394 g/mol. The van der Waals surface area contributed by atoms with E-state index in [1.54, 1.807) is 18.2 Å². The highest BCUT2D eigenvalue weighted by Gasteiger charge is 2.17. The SMILES string of the molecule is C=C/C=C/c1ccc(F)cc1.Cc1cccc(C(=O)NCC2CCN(C)CC2)c1. The summed E-state index contributed by atoms with van der Waals surface area (Å²) >= 11 is 0. The lowest BCUT2D eigenvalue weighted by Gasteiger charge is -2.28. The smallest absolute Gasteiger partial charge is 0.251 e. The van der Waals surface area contributed by atoms with E-state index in [-0.39, 0.29) is 11.7 Å². The Bertz CT molecular complexity index is 806. The number of hydrogen-bond donors (Lipinski definition) is 1. The first-order chi connectivity index (χ1) is 14.0. The molecule has 3 nitrogen and oxygen atoms in total. The molecule has 2 aromatic rings. The number of amides is 1. The third kappa shape index (κ3) is 8.44. The van der Waals surface area contributed by atoms with Crippen molar-refractivity contribution in [3.8, 4) is 0 Å². The second kappa shape index (κ2) is 12.0. The molecule has 0 bridgehead atoms. The average molecular weight is 395 g/mol. The predicted molar refractivity (Wildman–Crippen MR) is 119 cm³/mol. The van der Waals surface area contributed by atoms with Crippen LogP contribution in [-0.4, -0.2) is 37.5 Å². The van der Waals surface area contributed by atoms with Gasteiger partial charge in [-0.25, -0.2) is 4.39 Å². The third-order valence-electron chi connectivity index (χ3n) is 4.96. The normalized spacial score (nSPS) is 14.9. The van der Waals surface area contributed by atoms with Gasteiger partial charge >= 0.3 is 0 Å². The van der Waals surface area contributed by atoms with E-state index in [1.807, 2.05) is 43.3 Å². The fourth-order valence-corrected chi connectivity index (χ4v) is 3.14. The van der Waals surface area contributed by atoms with E-state index < -0.39 is 0 Å². The fraction of sp³-hybridized carbons (Fsp3) is 0.320. The first-order valence-corrected chi connectivity index (χ1v) is 10.1. The van der Waals surface area contributed by atoms with Crippen LogP contribution in [0.3, 0.4) is 0 Å². The number of nitrogens with one attached hydrogen (secondary N) is 1. The number of piperidine rings is 1. The highest BCUT2D eigenvalue weighted by molar-refractivity contribution is 5.94. The number of carbonyl (C=O) groups is 1. The highest BCUT2D eigenvalue weighted by atomic mass is 19.1. The van der Waals surface area contributed by atoms with Gasteiger partial charge in [0.05, 0.1) is 0 Å². The summed E-state index contributed by atoms with van der Waals surface area (Å²) in [5.41, 5.74) is 2.87. The van der Waals surface area contributed by atoms with E-state index in [4.69, 9.17) is 0 Å². The molecule has 2 aromatic carbocycles. The Morgan fingerprint density at radius 1 is 1.21 bits per heavy atom. The molecular weight excluding hydrogens is 363 g/mol. The van der Waals surface area contributed by atoms with Crippen molar-refractivity contribution in [3.05, 3.63) is 89.8 Å². The Labute approximate surface area is 173 Å². The van der Waals surface area contributed by atoms with Gasteiger partial charge in [-0.05, 0) is 75.6 Å². The van der Waals surface area contributed by atoms with Gasteiger partial charge < -0.3 is 10.2 Å². The summed E-state index contributed by atoms with van der Waals surface area (Å²) in [4.78, 5) is 14.3. The fourth-order valence-electron chi connectivity index (χ4n) is 3.14. The maximum absolute atomic E-state index is 12.4. The largest absolute Gasteiger partial charge is 0.352 e. The molecule has 0 aliphatic carbocycles. The summed E-state index contributed by atoms with van der Waals surface area (Å²) in [7, 11) is 2.15. The topological polar surface area (TPSA) is 32.3 Å². The molecule has 4 heteroatoms. The number of allylic oxidation sites excluding steroid dienone is 2. The number of hydrogen-bond acceptors (Lipinski definition) is 2. The van der Waals surface area contributed by atoms with Gasteiger partial charge in [-0.1, -0.05) is 54.6 Å². The summed E-state index contributed by atoms with van der Waals surface area (Å²) in [6, 6.07) is 14.0. The number of nitrogens with zero attached hydrogens (tertiary/aromatic N) is 1. The van der Waals surface area contributed by atoms with Crippen molar-refractivity contribution in [2.75, 3.05) is 26.7 Å². The minimum Gasteiger partial charge on any atom is -0.352 e. The van der Waals surface area contributed by atoms with Gasteiger partial charge in [0.1, 0.15) is 5.82 Å². The number of likely N-dealkylation sites (tertiary alicyclic amines) is 1.